The number of ether oxygens (including phenoxy) is 1. The standard InChI is InChI=1S/C23H22N2O4/c1-2-28-20-11-8-17(9-12-20)10-13-22(26)24-16-18-5-3-6-19(15-18)25-23(27)21-7-4-14-29-21/h3-15H,2,16H2,1H3,(H,24,26)(H,25,27)/b13-10+. The third-order valence-electron chi connectivity index (χ3n) is 4.01. The summed E-state index contributed by atoms with van der Waals surface area (Å²) >= 11 is 0. The van der Waals surface area contributed by atoms with E-state index in [9.17, 15) is 9.59 Å². The molecule has 148 valence electrons. The summed E-state index contributed by atoms with van der Waals surface area (Å²) in [4.78, 5) is 24.1. The number of rotatable bonds is 8. The van der Waals surface area contributed by atoms with Crippen LogP contribution in [-0.4, -0.2) is 18.4 Å². The lowest BCUT2D eigenvalue weighted by molar-refractivity contribution is -0.116. The van der Waals surface area contributed by atoms with Crippen molar-refractivity contribution in [3.05, 3.63) is 89.9 Å². The number of hydrogen-bond acceptors (Lipinski definition) is 4. The van der Waals surface area contributed by atoms with E-state index >= 15 is 0 Å². The Morgan fingerprint density at radius 3 is 2.62 bits per heavy atom. The smallest absolute Gasteiger partial charge is 0.291 e. The first-order valence-corrected chi connectivity index (χ1v) is 9.26. The van der Waals surface area contributed by atoms with Crippen LogP contribution >= 0.6 is 0 Å². The molecular weight excluding hydrogens is 368 g/mol. The van der Waals surface area contributed by atoms with E-state index in [-0.39, 0.29) is 17.6 Å². The minimum atomic E-state index is -0.325. The van der Waals surface area contributed by atoms with Crippen LogP contribution in [0.4, 0.5) is 5.69 Å². The van der Waals surface area contributed by atoms with Crippen molar-refractivity contribution in [1.29, 1.82) is 0 Å². The van der Waals surface area contributed by atoms with Gasteiger partial charge >= 0.3 is 0 Å². The maximum absolute atomic E-state index is 12.1. The van der Waals surface area contributed by atoms with Gasteiger partial charge in [-0.25, -0.2) is 0 Å². The van der Waals surface area contributed by atoms with Crippen molar-refractivity contribution in [2.24, 2.45) is 0 Å². The first kappa shape index (κ1) is 19.9. The van der Waals surface area contributed by atoms with Crippen LogP contribution in [0.15, 0.2) is 77.4 Å². The lowest BCUT2D eigenvalue weighted by Crippen LogP contribution is -2.20. The molecule has 6 heteroatoms. The number of carbonyl (C=O) groups excluding carboxylic acids is 2. The van der Waals surface area contributed by atoms with E-state index in [1.807, 2.05) is 43.3 Å². The fourth-order valence-corrected chi connectivity index (χ4v) is 2.62. The van der Waals surface area contributed by atoms with Crippen molar-refractivity contribution >= 4 is 23.6 Å². The molecule has 2 aromatic carbocycles. The average Bonchev–Trinajstić information content (AvgIpc) is 3.27. The summed E-state index contributed by atoms with van der Waals surface area (Å²) in [5, 5.41) is 5.59. The molecule has 0 atom stereocenters. The predicted octanol–water partition coefficient (Wildman–Crippen LogP) is 4.26. The van der Waals surface area contributed by atoms with Crippen LogP contribution in [0.5, 0.6) is 5.75 Å². The third-order valence-corrected chi connectivity index (χ3v) is 4.01. The van der Waals surface area contributed by atoms with Crippen molar-refractivity contribution in [3.8, 4) is 5.75 Å². The molecule has 0 fully saturated rings. The van der Waals surface area contributed by atoms with E-state index in [1.165, 1.54) is 12.3 Å². The molecule has 0 radical (unpaired) electrons. The Labute approximate surface area is 169 Å². The molecule has 0 saturated carbocycles. The van der Waals surface area contributed by atoms with Gasteiger partial charge in [0.15, 0.2) is 5.76 Å². The molecule has 2 amide bonds. The zero-order chi connectivity index (χ0) is 20.5. The molecule has 29 heavy (non-hydrogen) atoms. The average molecular weight is 390 g/mol. The van der Waals surface area contributed by atoms with Gasteiger partial charge in [-0.15, -0.1) is 0 Å². The maximum atomic E-state index is 12.1. The lowest BCUT2D eigenvalue weighted by Gasteiger charge is -2.07. The number of benzene rings is 2. The maximum Gasteiger partial charge on any atom is 0.291 e. The fourth-order valence-electron chi connectivity index (χ4n) is 2.62. The highest BCUT2D eigenvalue weighted by Gasteiger charge is 2.08. The summed E-state index contributed by atoms with van der Waals surface area (Å²) in [5.74, 6) is 0.509. The van der Waals surface area contributed by atoms with Crippen molar-refractivity contribution in [2.45, 2.75) is 13.5 Å². The highest BCUT2D eigenvalue weighted by atomic mass is 16.5. The van der Waals surface area contributed by atoms with Crippen LogP contribution in [0.3, 0.4) is 0 Å². The molecule has 0 aliphatic heterocycles. The van der Waals surface area contributed by atoms with E-state index in [2.05, 4.69) is 10.6 Å². The van der Waals surface area contributed by atoms with Gasteiger partial charge in [-0.1, -0.05) is 24.3 Å². The summed E-state index contributed by atoms with van der Waals surface area (Å²) in [5.41, 5.74) is 2.40. The Balaban J connectivity index is 1.51. The zero-order valence-electron chi connectivity index (χ0n) is 16.1. The second-order valence-electron chi connectivity index (χ2n) is 6.18. The summed E-state index contributed by atoms with van der Waals surface area (Å²) in [6.07, 6.45) is 4.67. The van der Waals surface area contributed by atoms with Gasteiger partial charge < -0.3 is 19.8 Å². The first-order valence-electron chi connectivity index (χ1n) is 9.26. The van der Waals surface area contributed by atoms with E-state index in [4.69, 9.17) is 9.15 Å². The quantitative estimate of drug-likeness (QED) is 0.563. The normalized spacial score (nSPS) is 10.7. The molecule has 3 aromatic rings. The number of furan rings is 1. The summed E-state index contributed by atoms with van der Waals surface area (Å²) in [7, 11) is 0. The molecule has 1 heterocycles. The zero-order valence-corrected chi connectivity index (χ0v) is 16.1. The monoisotopic (exact) mass is 390 g/mol. The Bertz CT molecular complexity index is 976. The highest BCUT2D eigenvalue weighted by Crippen LogP contribution is 2.14. The molecular formula is C23H22N2O4. The molecule has 3 rings (SSSR count). The largest absolute Gasteiger partial charge is 0.494 e. The SMILES string of the molecule is CCOc1ccc(/C=C/C(=O)NCc2cccc(NC(=O)c3ccco3)c2)cc1. The predicted molar refractivity (Wildman–Crippen MR) is 112 cm³/mol. The van der Waals surface area contributed by atoms with E-state index in [0.717, 1.165) is 16.9 Å². The molecule has 2 N–H and O–H groups in total. The summed E-state index contributed by atoms with van der Waals surface area (Å²) in [6.45, 7) is 2.89. The Hall–Kier alpha value is -3.80. The summed E-state index contributed by atoms with van der Waals surface area (Å²) in [6, 6.07) is 18.0. The van der Waals surface area contributed by atoms with Crippen molar-refractivity contribution in [3.63, 3.8) is 0 Å². The first-order chi connectivity index (χ1) is 14.1. The van der Waals surface area contributed by atoms with E-state index in [1.54, 1.807) is 30.3 Å². The molecule has 0 aliphatic carbocycles. The van der Waals surface area contributed by atoms with Gasteiger partial charge in [0.1, 0.15) is 5.75 Å². The molecule has 0 unspecified atom stereocenters. The van der Waals surface area contributed by atoms with Gasteiger partial charge in [-0.3, -0.25) is 9.59 Å². The second kappa shape index (κ2) is 9.94. The number of nitrogens with one attached hydrogen (secondary N) is 2. The van der Waals surface area contributed by atoms with Gasteiger partial charge in [0, 0.05) is 18.3 Å². The van der Waals surface area contributed by atoms with Crippen molar-refractivity contribution < 1.29 is 18.7 Å². The van der Waals surface area contributed by atoms with Gasteiger partial charge in [0.05, 0.1) is 12.9 Å². The third kappa shape index (κ3) is 6.10. The summed E-state index contributed by atoms with van der Waals surface area (Å²) < 4.78 is 10.5. The Morgan fingerprint density at radius 1 is 1.07 bits per heavy atom. The van der Waals surface area contributed by atoms with Crippen molar-refractivity contribution in [2.75, 3.05) is 11.9 Å². The Morgan fingerprint density at radius 2 is 1.90 bits per heavy atom. The van der Waals surface area contributed by atoms with E-state index < -0.39 is 0 Å². The van der Waals surface area contributed by atoms with Crippen molar-refractivity contribution in [1.82, 2.24) is 5.32 Å². The number of carbonyl (C=O) groups is 2. The van der Waals surface area contributed by atoms with Gasteiger partial charge in [0.25, 0.3) is 5.91 Å². The molecule has 6 nitrogen and oxygen atoms in total. The van der Waals surface area contributed by atoms with Crippen LogP contribution in [0.2, 0.25) is 0 Å². The fraction of sp³-hybridized carbons (Fsp3) is 0.130. The second-order valence-corrected chi connectivity index (χ2v) is 6.18. The van der Waals surface area contributed by atoms with Crippen LogP contribution in [0, 0.1) is 0 Å². The Kier molecular flexibility index (Phi) is 6.84. The van der Waals surface area contributed by atoms with Crippen LogP contribution in [0.1, 0.15) is 28.6 Å². The lowest BCUT2D eigenvalue weighted by atomic mass is 10.2. The number of anilines is 1. The van der Waals surface area contributed by atoms with Crippen LogP contribution in [0.25, 0.3) is 6.08 Å². The van der Waals surface area contributed by atoms with Crippen LogP contribution in [-0.2, 0) is 11.3 Å². The van der Waals surface area contributed by atoms with Gasteiger partial charge in [0.2, 0.25) is 5.91 Å². The minimum Gasteiger partial charge on any atom is -0.494 e. The highest BCUT2D eigenvalue weighted by molar-refractivity contribution is 6.02. The topological polar surface area (TPSA) is 80.6 Å². The van der Waals surface area contributed by atoms with Gasteiger partial charge in [-0.2, -0.15) is 0 Å². The van der Waals surface area contributed by atoms with E-state index in [0.29, 0.717) is 18.8 Å². The molecule has 0 bridgehead atoms. The minimum absolute atomic E-state index is 0.205. The van der Waals surface area contributed by atoms with Crippen LogP contribution < -0.4 is 15.4 Å². The molecule has 0 aliphatic rings. The van der Waals surface area contributed by atoms with Gasteiger partial charge in [-0.05, 0) is 60.5 Å². The molecule has 0 spiro atoms. The molecule has 1 aromatic heterocycles. The number of hydrogen-bond donors (Lipinski definition) is 2. The number of amides is 2. The molecule has 0 saturated heterocycles.